The third kappa shape index (κ3) is 12.0. The molecule has 0 radical (unpaired) electrons. The maximum atomic E-state index is 14.0. The van der Waals surface area contributed by atoms with Gasteiger partial charge in [0.1, 0.15) is 29.7 Å². The molecule has 0 saturated carbocycles. The zero-order valence-electron chi connectivity index (χ0n) is 27.6. The van der Waals surface area contributed by atoms with Gasteiger partial charge in [0.2, 0.25) is 5.91 Å². The van der Waals surface area contributed by atoms with Crippen molar-refractivity contribution in [1.82, 2.24) is 25.8 Å². The van der Waals surface area contributed by atoms with Crippen molar-refractivity contribution < 1.29 is 42.5 Å². The van der Waals surface area contributed by atoms with Gasteiger partial charge in [0.05, 0.1) is 18.7 Å². The number of carbonyl (C=O) groups excluding carboxylic acids is 4. The Morgan fingerprint density at radius 3 is 2.48 bits per heavy atom. The highest BCUT2D eigenvalue weighted by atomic mass is 19.1. The third-order valence-electron chi connectivity index (χ3n) is 7.19. The predicted molar refractivity (Wildman–Crippen MR) is 174 cm³/mol. The normalized spacial score (nSPS) is 12.4. The second kappa shape index (κ2) is 17.2. The summed E-state index contributed by atoms with van der Waals surface area (Å²) in [5.74, 6) is -1.20. The van der Waals surface area contributed by atoms with Crippen molar-refractivity contribution in [1.29, 1.82) is 0 Å². The number of fused-ring (bicyclic) bond motifs is 1. The highest BCUT2D eigenvalue weighted by Crippen LogP contribution is 2.18. The van der Waals surface area contributed by atoms with Crippen LogP contribution in [0.15, 0.2) is 48.7 Å². The number of likely N-dealkylation sites (N-methyl/N-ethyl adjacent to an activating group) is 1. The number of ether oxygens (including phenoxy) is 2. The number of anilines is 1. The van der Waals surface area contributed by atoms with Gasteiger partial charge in [-0.1, -0.05) is 12.1 Å². The van der Waals surface area contributed by atoms with Gasteiger partial charge >= 0.3 is 18.2 Å². The van der Waals surface area contributed by atoms with Gasteiger partial charge in [0, 0.05) is 38.1 Å². The van der Waals surface area contributed by atoms with Gasteiger partial charge in [0.15, 0.2) is 0 Å². The van der Waals surface area contributed by atoms with Crippen LogP contribution in [0.3, 0.4) is 0 Å². The monoisotopic (exact) mass is 672 g/mol. The van der Waals surface area contributed by atoms with Crippen LogP contribution in [-0.2, 0) is 20.8 Å². The van der Waals surface area contributed by atoms with Crippen LogP contribution in [0.1, 0.15) is 44.7 Å². The number of amides is 5. The lowest BCUT2D eigenvalue weighted by Gasteiger charge is -2.28. The first-order valence-corrected chi connectivity index (χ1v) is 15.3. The van der Waals surface area contributed by atoms with E-state index in [-0.39, 0.29) is 38.4 Å². The summed E-state index contributed by atoms with van der Waals surface area (Å²) in [7, 11) is 1.46. The molecular weight excluding hydrogens is 630 g/mol. The zero-order chi connectivity index (χ0) is 35.4. The van der Waals surface area contributed by atoms with Gasteiger partial charge in [0.25, 0.3) is 0 Å². The minimum absolute atomic E-state index is 0.0305. The van der Waals surface area contributed by atoms with E-state index < -0.39 is 60.1 Å². The smallest absolute Gasteiger partial charge is 0.412 e. The number of carbonyl (C=O) groups is 4. The summed E-state index contributed by atoms with van der Waals surface area (Å²) in [6.07, 6.45) is -0.235. The van der Waals surface area contributed by atoms with Gasteiger partial charge in [-0.05, 0) is 81.0 Å². The van der Waals surface area contributed by atoms with E-state index >= 15 is 0 Å². The Labute approximate surface area is 277 Å². The van der Waals surface area contributed by atoms with Gasteiger partial charge in [-0.15, -0.1) is 0 Å². The van der Waals surface area contributed by atoms with E-state index in [0.29, 0.717) is 21.9 Å². The molecule has 0 saturated heterocycles. The number of benzene rings is 2. The summed E-state index contributed by atoms with van der Waals surface area (Å²) >= 11 is 0. The van der Waals surface area contributed by atoms with E-state index in [1.165, 1.54) is 48.5 Å². The first-order chi connectivity index (χ1) is 22.6. The Hall–Kier alpha value is -5.05. The molecule has 1 aromatic heterocycles. The van der Waals surface area contributed by atoms with Gasteiger partial charge < -0.3 is 35.4 Å². The number of nitrogens with one attached hydrogen (secondary N) is 4. The quantitative estimate of drug-likeness (QED) is 0.178. The molecule has 5 amide bonds. The summed E-state index contributed by atoms with van der Waals surface area (Å²) in [5.41, 5.74) is 0.215. The molecule has 3 rings (SSSR count). The molecule has 0 bridgehead atoms. The molecule has 2 atom stereocenters. The highest BCUT2D eigenvalue weighted by Gasteiger charge is 2.24. The number of alkyl carbamates (subject to hydrolysis) is 1. The molecule has 0 aliphatic rings. The number of hydrogen-bond acceptors (Lipinski definition) is 8. The molecule has 48 heavy (non-hydrogen) atoms. The second-order valence-electron chi connectivity index (χ2n) is 12.1. The number of aliphatic hydroxyl groups excluding tert-OH is 1. The fourth-order valence-electron chi connectivity index (χ4n) is 4.45. The largest absolute Gasteiger partial charge is 0.447 e. The predicted octanol–water partition coefficient (Wildman–Crippen LogP) is 4.36. The second-order valence-corrected chi connectivity index (χ2v) is 12.1. The van der Waals surface area contributed by atoms with Crippen LogP contribution in [0.2, 0.25) is 0 Å². The van der Waals surface area contributed by atoms with Crippen molar-refractivity contribution in [3.05, 3.63) is 71.4 Å². The molecule has 0 unspecified atom stereocenters. The van der Waals surface area contributed by atoms with Crippen molar-refractivity contribution in [2.24, 2.45) is 0 Å². The fourth-order valence-corrected chi connectivity index (χ4v) is 4.45. The Balaban J connectivity index is 1.62. The van der Waals surface area contributed by atoms with E-state index in [2.05, 4.69) is 26.3 Å². The average Bonchev–Trinajstić information content (AvgIpc) is 3.02. The Morgan fingerprint density at radius 1 is 1.02 bits per heavy atom. The van der Waals surface area contributed by atoms with Crippen LogP contribution in [0.5, 0.6) is 0 Å². The van der Waals surface area contributed by atoms with E-state index in [1.54, 1.807) is 39.8 Å². The van der Waals surface area contributed by atoms with E-state index in [9.17, 15) is 33.1 Å². The molecule has 0 spiro atoms. The lowest BCUT2D eigenvalue weighted by Crippen LogP contribution is -2.48. The molecule has 1 heterocycles. The number of nitrogens with zero attached hydrogens (tertiary/aromatic N) is 2. The molecule has 260 valence electrons. The minimum Gasteiger partial charge on any atom is -0.447 e. The van der Waals surface area contributed by atoms with E-state index in [0.717, 1.165) is 0 Å². The first kappa shape index (κ1) is 37.4. The van der Waals surface area contributed by atoms with Crippen LogP contribution in [0, 0.1) is 18.6 Å². The molecule has 5 N–H and O–H groups in total. The van der Waals surface area contributed by atoms with Crippen LogP contribution < -0.4 is 21.3 Å². The molecule has 13 nitrogen and oxygen atoms in total. The molecular formula is C33H42F2N6O7. The Bertz CT molecular complexity index is 1600. The summed E-state index contributed by atoms with van der Waals surface area (Å²) in [6, 6.07) is 7.99. The van der Waals surface area contributed by atoms with Crippen LogP contribution in [0.4, 0.5) is 29.0 Å². The van der Waals surface area contributed by atoms with Gasteiger partial charge in [-0.2, -0.15) is 0 Å². The average molecular weight is 673 g/mol. The summed E-state index contributed by atoms with van der Waals surface area (Å²) in [4.78, 5) is 55.9. The summed E-state index contributed by atoms with van der Waals surface area (Å²) < 4.78 is 38.2. The SMILES string of the molecule is Cc1c(F)cccc1CNC(=O)N(C)[C@H](CCC(=O)NC[C@H](CO)NC(=O)OC(C)(C)C)COC(=O)Nc1cc2cc(F)ccc2cn1. The molecule has 3 aromatic rings. The summed E-state index contributed by atoms with van der Waals surface area (Å²) in [6.45, 7) is 5.83. The number of aromatic nitrogens is 1. The topological polar surface area (TPSA) is 171 Å². The number of pyridine rings is 1. The van der Waals surface area contributed by atoms with Crippen molar-refractivity contribution in [2.45, 2.75) is 64.8 Å². The standard InChI is InChI=1S/C33H42F2N6O7/c1-20-21(7-6-8-27(20)35)15-38-30(44)41(5)26(11-12-29(43)37-17-25(18-42)39-32(46)48-33(2,3)4)19-47-31(45)40-28-14-23-13-24(34)10-9-22(23)16-36-28/h6-10,13-14,16,25-26,42H,11-12,15,17-19H2,1-5H3,(H,37,43)(H,38,44)(H,39,46)(H,36,40,45)/t25-,26-/m1/s1. The number of aliphatic hydroxyl groups is 1. The summed E-state index contributed by atoms with van der Waals surface area (Å²) in [5, 5.41) is 21.1. The third-order valence-corrected chi connectivity index (χ3v) is 7.19. The van der Waals surface area contributed by atoms with Crippen molar-refractivity contribution in [3.63, 3.8) is 0 Å². The molecule has 0 fully saturated rings. The lowest BCUT2D eigenvalue weighted by molar-refractivity contribution is -0.121. The minimum atomic E-state index is -0.893. The number of hydrogen-bond donors (Lipinski definition) is 5. The first-order valence-electron chi connectivity index (χ1n) is 15.3. The number of halogens is 2. The van der Waals surface area contributed by atoms with Crippen LogP contribution in [0.25, 0.3) is 10.8 Å². The van der Waals surface area contributed by atoms with Crippen LogP contribution >= 0.6 is 0 Å². The van der Waals surface area contributed by atoms with Crippen molar-refractivity contribution in [2.75, 3.05) is 32.1 Å². The zero-order valence-corrected chi connectivity index (χ0v) is 27.6. The van der Waals surface area contributed by atoms with Crippen molar-refractivity contribution in [3.8, 4) is 0 Å². The van der Waals surface area contributed by atoms with Gasteiger partial charge in [-0.25, -0.2) is 28.1 Å². The number of rotatable bonds is 13. The van der Waals surface area contributed by atoms with Crippen LogP contribution in [-0.4, -0.2) is 83.6 Å². The molecule has 0 aliphatic heterocycles. The van der Waals surface area contributed by atoms with E-state index in [1.807, 2.05) is 0 Å². The lowest BCUT2D eigenvalue weighted by atomic mass is 10.1. The maximum Gasteiger partial charge on any atom is 0.412 e. The number of urea groups is 1. The molecule has 2 aromatic carbocycles. The maximum absolute atomic E-state index is 14.0. The Morgan fingerprint density at radius 2 is 1.77 bits per heavy atom. The molecule has 0 aliphatic carbocycles. The van der Waals surface area contributed by atoms with Crippen molar-refractivity contribution >= 4 is 40.7 Å². The van der Waals surface area contributed by atoms with E-state index in [4.69, 9.17) is 9.47 Å². The highest BCUT2D eigenvalue weighted by molar-refractivity contribution is 5.89. The molecule has 15 heteroatoms. The Kier molecular flexibility index (Phi) is 13.4. The van der Waals surface area contributed by atoms with Gasteiger partial charge in [-0.3, -0.25) is 10.1 Å². The fraction of sp³-hybridized carbons (Fsp3) is 0.424.